The normalized spacial score (nSPS) is 14.2. The van der Waals surface area contributed by atoms with E-state index in [-0.39, 0.29) is 18.4 Å². The Kier molecular flexibility index (Phi) is 9.35. The Morgan fingerprint density at radius 1 is 0.973 bits per heavy atom. The molecule has 4 rings (SSSR count). The second-order valence-electron chi connectivity index (χ2n) is 8.26. The van der Waals surface area contributed by atoms with Crippen LogP contribution in [0.1, 0.15) is 23.6 Å². The number of hydrogen-bond donors (Lipinski definition) is 1. The molecule has 1 heterocycles. The van der Waals surface area contributed by atoms with Crippen LogP contribution in [0.5, 0.6) is 11.5 Å². The van der Waals surface area contributed by atoms with Crippen LogP contribution in [0.4, 0.5) is 0 Å². The Bertz CT molecular complexity index is 1280. The maximum atomic E-state index is 13.0. The molecule has 3 aromatic carbocycles. The summed E-state index contributed by atoms with van der Waals surface area (Å²) in [5.41, 5.74) is 2.96. The average molecular weight is 533 g/mol. The van der Waals surface area contributed by atoms with Gasteiger partial charge < -0.3 is 14.8 Å². The summed E-state index contributed by atoms with van der Waals surface area (Å²) in [6.45, 7) is 3.15. The van der Waals surface area contributed by atoms with E-state index in [4.69, 9.17) is 21.7 Å². The molecule has 0 radical (unpaired) electrons. The highest BCUT2D eigenvalue weighted by Crippen LogP contribution is 2.35. The highest BCUT2D eigenvalue weighted by Gasteiger charge is 2.31. The van der Waals surface area contributed by atoms with Crippen LogP contribution in [0.25, 0.3) is 6.08 Å². The lowest BCUT2D eigenvalue weighted by atomic mass is 10.1. The van der Waals surface area contributed by atoms with Gasteiger partial charge in [0.1, 0.15) is 4.32 Å². The first-order valence-corrected chi connectivity index (χ1v) is 13.3. The number of thiocarbonyl (C=S) groups is 1. The maximum absolute atomic E-state index is 13.0. The Morgan fingerprint density at radius 2 is 1.68 bits per heavy atom. The van der Waals surface area contributed by atoms with Crippen LogP contribution in [-0.2, 0) is 22.6 Å². The Hall–Kier alpha value is -3.62. The van der Waals surface area contributed by atoms with Crippen molar-refractivity contribution in [2.45, 2.75) is 19.9 Å². The van der Waals surface area contributed by atoms with E-state index in [1.165, 1.54) is 11.8 Å². The van der Waals surface area contributed by atoms with Gasteiger partial charge in [0.25, 0.3) is 11.8 Å². The summed E-state index contributed by atoms with van der Waals surface area (Å²) in [5, 5.41) is 2.84. The van der Waals surface area contributed by atoms with Gasteiger partial charge in [-0.05, 0) is 48.2 Å². The van der Waals surface area contributed by atoms with Crippen LogP contribution in [-0.4, -0.2) is 40.8 Å². The number of carbonyl (C=O) groups is 2. The zero-order chi connectivity index (χ0) is 26.0. The van der Waals surface area contributed by atoms with Crippen molar-refractivity contribution in [2.24, 2.45) is 0 Å². The number of nitrogens with one attached hydrogen (secondary N) is 1. The molecule has 6 nitrogen and oxygen atoms in total. The molecular formula is C29H28N2O4S2. The largest absolute Gasteiger partial charge is 0.490 e. The molecule has 1 N–H and O–H groups in total. The average Bonchev–Trinajstić information content (AvgIpc) is 3.18. The molecule has 0 saturated carbocycles. The number of ether oxygens (including phenoxy) is 2. The standard InChI is InChI=1S/C29H28N2O4S2/c1-2-34-25-17-23(13-14-24(25)35-20-27(32)30-19-22-11-7-4-8-12-22)18-26-28(33)31(29(36)37-26)16-15-21-9-5-3-6-10-21/h3-14,17-18H,2,15-16,19-20H2,1H3,(H,30,32)/b26-18-. The minimum absolute atomic E-state index is 0.0979. The summed E-state index contributed by atoms with van der Waals surface area (Å²) in [5.74, 6) is 0.643. The molecule has 1 aliphatic heterocycles. The third-order valence-corrected chi connectivity index (χ3v) is 6.97. The molecule has 190 valence electrons. The van der Waals surface area contributed by atoms with Crippen LogP contribution < -0.4 is 14.8 Å². The molecule has 0 bridgehead atoms. The van der Waals surface area contributed by atoms with Crippen molar-refractivity contribution in [1.29, 1.82) is 0 Å². The van der Waals surface area contributed by atoms with Gasteiger partial charge in [-0.1, -0.05) is 90.7 Å². The van der Waals surface area contributed by atoms with Crippen LogP contribution >= 0.6 is 24.0 Å². The lowest BCUT2D eigenvalue weighted by Crippen LogP contribution is -2.30. The molecule has 3 aromatic rings. The SMILES string of the molecule is CCOc1cc(/C=C2\SC(=S)N(CCc3ccccc3)C2=O)ccc1OCC(=O)NCc1ccccc1. The fourth-order valence-corrected chi connectivity index (χ4v) is 5.03. The highest BCUT2D eigenvalue weighted by atomic mass is 32.2. The highest BCUT2D eigenvalue weighted by molar-refractivity contribution is 8.26. The van der Waals surface area contributed by atoms with Crippen molar-refractivity contribution in [3.05, 3.63) is 100 Å². The third-order valence-electron chi connectivity index (χ3n) is 5.60. The van der Waals surface area contributed by atoms with Crippen LogP contribution in [0.15, 0.2) is 83.8 Å². The molecule has 0 unspecified atom stereocenters. The van der Waals surface area contributed by atoms with Gasteiger partial charge in [0.2, 0.25) is 0 Å². The number of thioether (sulfide) groups is 1. The number of nitrogens with zero attached hydrogens (tertiary/aromatic N) is 1. The lowest BCUT2D eigenvalue weighted by molar-refractivity contribution is -0.123. The minimum atomic E-state index is -0.227. The summed E-state index contributed by atoms with van der Waals surface area (Å²) in [7, 11) is 0. The van der Waals surface area contributed by atoms with Gasteiger partial charge in [-0.2, -0.15) is 0 Å². The molecule has 0 atom stereocenters. The van der Waals surface area contributed by atoms with Crippen molar-refractivity contribution >= 4 is 46.2 Å². The fraction of sp³-hybridized carbons (Fsp3) is 0.207. The summed E-state index contributed by atoms with van der Waals surface area (Å²) in [4.78, 5) is 27.5. The van der Waals surface area contributed by atoms with Crippen molar-refractivity contribution in [1.82, 2.24) is 10.2 Å². The fourth-order valence-electron chi connectivity index (χ4n) is 3.72. The van der Waals surface area contributed by atoms with E-state index in [1.54, 1.807) is 23.1 Å². The van der Waals surface area contributed by atoms with Gasteiger partial charge in [0.15, 0.2) is 18.1 Å². The first-order valence-electron chi connectivity index (χ1n) is 12.0. The second kappa shape index (κ2) is 13.1. The van der Waals surface area contributed by atoms with Gasteiger partial charge in [-0.3, -0.25) is 14.5 Å². The first-order chi connectivity index (χ1) is 18.0. The number of benzene rings is 3. The van der Waals surface area contributed by atoms with Gasteiger partial charge in [0.05, 0.1) is 11.5 Å². The predicted molar refractivity (Wildman–Crippen MR) is 151 cm³/mol. The van der Waals surface area contributed by atoms with Crippen LogP contribution in [0.3, 0.4) is 0 Å². The summed E-state index contributed by atoms with van der Waals surface area (Å²) in [6.07, 6.45) is 2.54. The Labute approximate surface area is 226 Å². The van der Waals surface area contributed by atoms with Gasteiger partial charge in [0, 0.05) is 13.1 Å². The van der Waals surface area contributed by atoms with E-state index in [0.29, 0.717) is 40.4 Å². The van der Waals surface area contributed by atoms with Gasteiger partial charge in [-0.25, -0.2) is 0 Å². The lowest BCUT2D eigenvalue weighted by Gasteiger charge is -2.14. The number of amides is 2. The van der Waals surface area contributed by atoms with Crippen molar-refractivity contribution in [2.75, 3.05) is 19.8 Å². The zero-order valence-electron chi connectivity index (χ0n) is 20.5. The van der Waals surface area contributed by atoms with Crippen molar-refractivity contribution in [3.8, 4) is 11.5 Å². The summed E-state index contributed by atoms with van der Waals surface area (Å²) < 4.78 is 12.0. The summed E-state index contributed by atoms with van der Waals surface area (Å²) >= 11 is 6.77. The van der Waals surface area contributed by atoms with Gasteiger partial charge >= 0.3 is 0 Å². The molecule has 0 aromatic heterocycles. The van der Waals surface area contributed by atoms with Crippen LogP contribution in [0.2, 0.25) is 0 Å². The third kappa shape index (κ3) is 7.44. The number of hydrogen-bond acceptors (Lipinski definition) is 6. The molecule has 0 aliphatic carbocycles. The Balaban J connectivity index is 1.38. The van der Waals surface area contributed by atoms with Gasteiger partial charge in [-0.15, -0.1) is 0 Å². The predicted octanol–water partition coefficient (Wildman–Crippen LogP) is 5.22. The minimum Gasteiger partial charge on any atom is -0.490 e. The smallest absolute Gasteiger partial charge is 0.266 e. The number of carbonyl (C=O) groups excluding carboxylic acids is 2. The van der Waals surface area contributed by atoms with E-state index in [9.17, 15) is 9.59 Å². The summed E-state index contributed by atoms with van der Waals surface area (Å²) in [6, 6.07) is 25.1. The first kappa shape index (κ1) is 26.4. The van der Waals surface area contributed by atoms with Crippen LogP contribution in [0, 0.1) is 0 Å². The van der Waals surface area contributed by atoms with E-state index < -0.39 is 0 Å². The quantitative estimate of drug-likeness (QED) is 0.270. The molecule has 37 heavy (non-hydrogen) atoms. The molecular weight excluding hydrogens is 504 g/mol. The maximum Gasteiger partial charge on any atom is 0.266 e. The van der Waals surface area contributed by atoms with Crippen molar-refractivity contribution < 1.29 is 19.1 Å². The van der Waals surface area contributed by atoms with E-state index in [0.717, 1.165) is 23.1 Å². The zero-order valence-corrected chi connectivity index (χ0v) is 22.1. The second-order valence-corrected chi connectivity index (χ2v) is 9.93. The molecule has 1 saturated heterocycles. The topological polar surface area (TPSA) is 67.9 Å². The monoisotopic (exact) mass is 532 g/mol. The Morgan fingerprint density at radius 3 is 2.38 bits per heavy atom. The molecule has 1 fully saturated rings. The molecule has 1 aliphatic rings. The molecule has 8 heteroatoms. The number of rotatable bonds is 11. The van der Waals surface area contributed by atoms with E-state index >= 15 is 0 Å². The van der Waals surface area contributed by atoms with E-state index in [1.807, 2.05) is 73.7 Å². The van der Waals surface area contributed by atoms with E-state index in [2.05, 4.69) is 5.32 Å². The van der Waals surface area contributed by atoms with Crippen molar-refractivity contribution in [3.63, 3.8) is 0 Å². The molecule has 0 spiro atoms. The molecule has 2 amide bonds.